The zero-order valence-corrected chi connectivity index (χ0v) is 14.8. The van der Waals surface area contributed by atoms with Crippen LogP contribution < -0.4 is 0 Å². The highest BCUT2D eigenvalue weighted by atomic mass is 32.2. The van der Waals surface area contributed by atoms with Gasteiger partial charge < -0.3 is 4.57 Å². The molecule has 6 nitrogen and oxygen atoms in total. The molecule has 1 N–H and O–H groups in total. The van der Waals surface area contributed by atoms with Gasteiger partial charge in [-0.15, -0.1) is 0 Å². The summed E-state index contributed by atoms with van der Waals surface area (Å²) in [6.45, 7) is 0. The van der Waals surface area contributed by atoms with E-state index in [2.05, 4.69) is 9.39 Å². The molecule has 1 aromatic heterocycles. The molecule has 0 saturated heterocycles. The molecule has 0 aliphatic carbocycles. The predicted molar refractivity (Wildman–Crippen MR) is 104 cm³/mol. The van der Waals surface area contributed by atoms with Crippen LogP contribution >= 0.6 is 23.7 Å². The molecule has 4 rings (SSSR count). The van der Waals surface area contributed by atoms with E-state index < -0.39 is 5.91 Å². The van der Waals surface area contributed by atoms with Crippen LogP contribution in [0.25, 0.3) is 11.8 Å². The first-order valence-electron chi connectivity index (χ1n) is 7.44. The van der Waals surface area contributed by atoms with Crippen LogP contribution in [-0.2, 0) is 4.79 Å². The zero-order valence-electron chi connectivity index (χ0n) is 13.2. The van der Waals surface area contributed by atoms with E-state index in [9.17, 15) is 4.79 Å². The minimum Gasteiger partial charge on any atom is -0.317 e. The van der Waals surface area contributed by atoms with E-state index in [1.165, 1.54) is 11.8 Å². The number of nitrogens with one attached hydrogen (secondary N) is 1. The van der Waals surface area contributed by atoms with Crippen LogP contribution in [0.15, 0.2) is 63.6 Å². The Morgan fingerprint density at radius 1 is 1.20 bits per heavy atom. The summed E-state index contributed by atoms with van der Waals surface area (Å²) in [5.41, 5.74) is 2.05. The van der Waals surface area contributed by atoms with Crippen LogP contribution in [0, 0.1) is 5.41 Å². The molecule has 0 saturated carbocycles. The van der Waals surface area contributed by atoms with Crippen LogP contribution in [0.1, 0.15) is 5.69 Å². The van der Waals surface area contributed by atoms with Gasteiger partial charge in [-0.1, -0.05) is 30.0 Å². The van der Waals surface area contributed by atoms with E-state index in [-0.39, 0.29) is 11.4 Å². The fraction of sp³-hybridized carbons (Fsp3) is 0.0588. The quantitative estimate of drug-likeness (QED) is 0.652. The number of aromatic nitrogens is 1. The van der Waals surface area contributed by atoms with Crippen LogP contribution in [0.5, 0.6) is 0 Å². The largest absolute Gasteiger partial charge is 0.317 e. The average molecular weight is 367 g/mol. The number of hydrogen-bond acceptors (Lipinski definition) is 5. The van der Waals surface area contributed by atoms with Gasteiger partial charge in [-0.05, 0) is 36.6 Å². The van der Waals surface area contributed by atoms with Gasteiger partial charge in [-0.3, -0.25) is 10.2 Å². The molecular formula is C17H13N5OS2. The Labute approximate surface area is 153 Å². The number of rotatable bonds is 2. The third-order valence-electron chi connectivity index (χ3n) is 3.78. The SMILES string of the molecule is CSC1=NSC2=NC(=O)/C(=C\c3cccn3-c3ccccc3)C(=N)N12. The summed E-state index contributed by atoms with van der Waals surface area (Å²) in [6, 6.07) is 13.7. The standard InChI is InChI=1S/C17H13N5OS2/c1-24-17-20-25-16-19-15(23)13(14(18)22(16)17)10-12-8-5-9-21(12)11-6-3-2-4-7-11/h2-10,18H,1H3/b13-10-,18-14?. The molecular weight excluding hydrogens is 354 g/mol. The molecule has 3 heterocycles. The Kier molecular flexibility index (Phi) is 4.06. The number of para-hydroxylation sites is 1. The normalized spacial score (nSPS) is 18.4. The monoisotopic (exact) mass is 367 g/mol. The minimum absolute atomic E-state index is 0.105. The number of amides is 1. The lowest BCUT2D eigenvalue weighted by atomic mass is 10.1. The van der Waals surface area contributed by atoms with E-state index >= 15 is 0 Å². The van der Waals surface area contributed by atoms with Gasteiger partial charge in [-0.2, -0.15) is 9.39 Å². The Hall–Kier alpha value is -2.58. The molecule has 0 radical (unpaired) electrons. The minimum atomic E-state index is -0.415. The second-order valence-corrected chi connectivity index (χ2v) is 6.75. The number of carbonyl (C=O) groups is 1. The van der Waals surface area contributed by atoms with Crippen molar-refractivity contribution in [2.45, 2.75) is 0 Å². The van der Waals surface area contributed by atoms with Crippen molar-refractivity contribution in [1.29, 1.82) is 5.41 Å². The van der Waals surface area contributed by atoms with Crippen LogP contribution in [0.3, 0.4) is 0 Å². The van der Waals surface area contributed by atoms with Crippen LogP contribution in [0.2, 0.25) is 0 Å². The highest BCUT2D eigenvalue weighted by Crippen LogP contribution is 2.31. The number of carbonyl (C=O) groups excluding carboxylic acids is 1. The molecule has 0 unspecified atom stereocenters. The topological polar surface area (TPSA) is 73.8 Å². The maximum atomic E-state index is 12.4. The molecule has 0 bridgehead atoms. The Balaban J connectivity index is 1.76. The maximum Gasteiger partial charge on any atom is 0.283 e. The third kappa shape index (κ3) is 2.73. The van der Waals surface area contributed by atoms with Gasteiger partial charge in [0.2, 0.25) is 5.17 Å². The second-order valence-electron chi connectivity index (χ2n) is 5.25. The van der Waals surface area contributed by atoms with Crippen molar-refractivity contribution in [3.05, 3.63) is 59.9 Å². The maximum absolute atomic E-state index is 12.4. The number of thioether (sulfide) groups is 1. The lowest BCUT2D eigenvalue weighted by molar-refractivity contribution is -0.114. The lowest BCUT2D eigenvalue weighted by Crippen LogP contribution is -2.41. The van der Waals surface area contributed by atoms with Crippen LogP contribution in [-0.4, -0.2) is 37.8 Å². The van der Waals surface area contributed by atoms with Gasteiger partial charge >= 0.3 is 0 Å². The number of amidine groups is 3. The fourth-order valence-electron chi connectivity index (χ4n) is 2.62. The Bertz CT molecular complexity index is 958. The van der Waals surface area contributed by atoms with Crippen molar-refractivity contribution in [3.63, 3.8) is 0 Å². The summed E-state index contributed by atoms with van der Waals surface area (Å²) >= 11 is 2.55. The molecule has 2 aliphatic rings. The van der Waals surface area contributed by atoms with Crippen molar-refractivity contribution in [2.75, 3.05) is 6.26 Å². The van der Waals surface area contributed by atoms with Crippen molar-refractivity contribution >= 4 is 51.9 Å². The first-order valence-corrected chi connectivity index (χ1v) is 9.44. The van der Waals surface area contributed by atoms with Crippen molar-refractivity contribution < 1.29 is 4.79 Å². The van der Waals surface area contributed by atoms with E-state index in [0.29, 0.717) is 10.3 Å². The first-order chi connectivity index (χ1) is 12.2. The highest BCUT2D eigenvalue weighted by Gasteiger charge is 2.37. The number of hydrogen-bond donors (Lipinski definition) is 1. The summed E-state index contributed by atoms with van der Waals surface area (Å²) < 4.78 is 6.21. The summed E-state index contributed by atoms with van der Waals surface area (Å²) in [4.78, 5) is 18.1. The fourth-order valence-corrected chi connectivity index (χ4v) is 4.07. The summed E-state index contributed by atoms with van der Waals surface area (Å²) in [7, 11) is 0. The van der Waals surface area contributed by atoms with E-state index in [4.69, 9.17) is 5.41 Å². The van der Waals surface area contributed by atoms with Gasteiger partial charge in [0.15, 0.2) is 5.17 Å². The van der Waals surface area contributed by atoms with Crippen molar-refractivity contribution in [1.82, 2.24) is 9.47 Å². The number of aliphatic imine (C=N–C) groups is 1. The predicted octanol–water partition coefficient (Wildman–Crippen LogP) is 3.42. The number of nitrogens with zero attached hydrogens (tertiary/aromatic N) is 4. The van der Waals surface area contributed by atoms with Gasteiger partial charge in [0.05, 0.1) is 17.5 Å². The molecule has 8 heteroatoms. The van der Waals surface area contributed by atoms with Crippen molar-refractivity contribution in [3.8, 4) is 5.69 Å². The van der Waals surface area contributed by atoms with Gasteiger partial charge in [0, 0.05) is 17.6 Å². The molecule has 0 atom stereocenters. The smallest absolute Gasteiger partial charge is 0.283 e. The number of fused-ring (bicyclic) bond motifs is 1. The summed E-state index contributed by atoms with van der Waals surface area (Å²) in [5.74, 6) is -0.309. The van der Waals surface area contributed by atoms with Gasteiger partial charge in [0.25, 0.3) is 5.91 Å². The average Bonchev–Trinajstić information content (AvgIpc) is 3.25. The lowest BCUT2D eigenvalue weighted by Gasteiger charge is -2.23. The van der Waals surface area contributed by atoms with Gasteiger partial charge in [0.1, 0.15) is 5.84 Å². The van der Waals surface area contributed by atoms with E-state index in [1.54, 1.807) is 11.0 Å². The summed E-state index contributed by atoms with van der Waals surface area (Å²) in [6.07, 6.45) is 5.52. The Morgan fingerprint density at radius 2 is 2.00 bits per heavy atom. The Morgan fingerprint density at radius 3 is 2.76 bits per heavy atom. The molecule has 2 aliphatic heterocycles. The molecule has 0 spiro atoms. The van der Waals surface area contributed by atoms with Gasteiger partial charge in [-0.25, -0.2) is 4.90 Å². The van der Waals surface area contributed by atoms with Crippen LogP contribution in [0.4, 0.5) is 0 Å². The second kappa shape index (κ2) is 6.38. The number of benzene rings is 1. The molecule has 0 fully saturated rings. The molecule has 124 valence electrons. The first kappa shape index (κ1) is 15.9. The molecule has 25 heavy (non-hydrogen) atoms. The van der Waals surface area contributed by atoms with E-state index in [1.807, 2.05) is 59.5 Å². The third-order valence-corrected chi connectivity index (χ3v) is 5.24. The van der Waals surface area contributed by atoms with Crippen molar-refractivity contribution in [2.24, 2.45) is 9.39 Å². The zero-order chi connectivity index (χ0) is 17.4. The molecule has 1 amide bonds. The highest BCUT2D eigenvalue weighted by molar-refractivity contribution is 8.18. The molecule has 2 aromatic rings. The molecule has 1 aromatic carbocycles. The van der Waals surface area contributed by atoms with E-state index in [0.717, 1.165) is 23.3 Å². The summed E-state index contributed by atoms with van der Waals surface area (Å²) in [5, 5.41) is 9.55.